The lowest BCUT2D eigenvalue weighted by Gasteiger charge is -2.30. The highest BCUT2D eigenvalue weighted by molar-refractivity contribution is 6.39. The minimum Gasteiger partial charge on any atom is -0.388 e. The SMILES string of the molecule is CCCNC(=O)C1=NOC2(CCNCC2)C1. The first-order chi connectivity index (χ1) is 7.76. The van der Waals surface area contributed by atoms with E-state index in [0.29, 0.717) is 18.7 Å². The molecule has 0 saturated carbocycles. The molecule has 1 fully saturated rings. The van der Waals surface area contributed by atoms with Crippen molar-refractivity contribution < 1.29 is 9.63 Å². The Labute approximate surface area is 95.6 Å². The highest BCUT2D eigenvalue weighted by Crippen LogP contribution is 2.32. The zero-order chi connectivity index (χ0) is 11.4. The third kappa shape index (κ3) is 2.35. The molecule has 0 aromatic rings. The van der Waals surface area contributed by atoms with Gasteiger partial charge in [0.15, 0.2) is 0 Å². The second-order valence-electron chi connectivity index (χ2n) is 4.49. The van der Waals surface area contributed by atoms with Crippen LogP contribution >= 0.6 is 0 Å². The molecule has 16 heavy (non-hydrogen) atoms. The van der Waals surface area contributed by atoms with Gasteiger partial charge >= 0.3 is 0 Å². The summed E-state index contributed by atoms with van der Waals surface area (Å²) in [6, 6.07) is 0. The number of rotatable bonds is 3. The Morgan fingerprint density at radius 2 is 2.31 bits per heavy atom. The Morgan fingerprint density at radius 1 is 1.56 bits per heavy atom. The number of nitrogens with one attached hydrogen (secondary N) is 2. The van der Waals surface area contributed by atoms with E-state index < -0.39 is 0 Å². The van der Waals surface area contributed by atoms with Gasteiger partial charge in [-0.25, -0.2) is 0 Å². The topological polar surface area (TPSA) is 62.7 Å². The lowest BCUT2D eigenvalue weighted by atomic mass is 9.87. The second-order valence-corrected chi connectivity index (χ2v) is 4.49. The minimum absolute atomic E-state index is 0.0720. The number of piperidine rings is 1. The van der Waals surface area contributed by atoms with Crippen LogP contribution in [0.25, 0.3) is 0 Å². The molecule has 0 aliphatic carbocycles. The third-order valence-electron chi connectivity index (χ3n) is 3.15. The summed E-state index contributed by atoms with van der Waals surface area (Å²) < 4.78 is 0. The fraction of sp³-hybridized carbons (Fsp3) is 0.818. The average Bonchev–Trinajstić information content (AvgIpc) is 2.71. The molecule has 2 heterocycles. The highest BCUT2D eigenvalue weighted by Gasteiger charge is 2.41. The summed E-state index contributed by atoms with van der Waals surface area (Å²) in [5.74, 6) is -0.0720. The van der Waals surface area contributed by atoms with Gasteiger partial charge in [0.25, 0.3) is 5.91 Å². The molecule has 1 amide bonds. The summed E-state index contributed by atoms with van der Waals surface area (Å²) in [6.07, 6.45) is 3.46. The third-order valence-corrected chi connectivity index (χ3v) is 3.15. The summed E-state index contributed by atoms with van der Waals surface area (Å²) in [6.45, 7) is 4.62. The Kier molecular flexibility index (Phi) is 3.43. The number of carbonyl (C=O) groups is 1. The Balaban J connectivity index is 1.88. The lowest BCUT2D eigenvalue weighted by Crippen LogP contribution is -2.43. The quantitative estimate of drug-likeness (QED) is 0.731. The maximum absolute atomic E-state index is 11.7. The number of carbonyl (C=O) groups excluding carboxylic acids is 1. The van der Waals surface area contributed by atoms with Crippen molar-refractivity contribution in [3.05, 3.63) is 0 Å². The van der Waals surface area contributed by atoms with Crippen LogP contribution in [0.1, 0.15) is 32.6 Å². The Bertz CT molecular complexity index is 296. The molecule has 2 aliphatic heterocycles. The van der Waals surface area contributed by atoms with Crippen LogP contribution in [0.4, 0.5) is 0 Å². The fourth-order valence-electron chi connectivity index (χ4n) is 2.13. The van der Waals surface area contributed by atoms with Gasteiger partial charge in [0.2, 0.25) is 0 Å². The average molecular weight is 225 g/mol. The molecule has 2 N–H and O–H groups in total. The number of hydrogen-bond acceptors (Lipinski definition) is 4. The molecule has 2 aliphatic rings. The molecule has 0 radical (unpaired) electrons. The van der Waals surface area contributed by atoms with Crippen molar-refractivity contribution in [2.24, 2.45) is 5.16 Å². The van der Waals surface area contributed by atoms with Crippen LogP contribution < -0.4 is 10.6 Å². The van der Waals surface area contributed by atoms with Gasteiger partial charge in [0, 0.05) is 25.8 Å². The maximum atomic E-state index is 11.7. The van der Waals surface area contributed by atoms with Crippen LogP contribution in [-0.4, -0.2) is 36.9 Å². The Morgan fingerprint density at radius 3 is 3.00 bits per heavy atom. The van der Waals surface area contributed by atoms with Gasteiger partial charge in [-0.15, -0.1) is 0 Å². The van der Waals surface area contributed by atoms with Gasteiger partial charge in [-0.1, -0.05) is 12.1 Å². The number of hydrogen-bond donors (Lipinski definition) is 2. The van der Waals surface area contributed by atoms with Crippen molar-refractivity contribution in [1.29, 1.82) is 0 Å². The molecule has 90 valence electrons. The van der Waals surface area contributed by atoms with E-state index in [2.05, 4.69) is 15.8 Å². The van der Waals surface area contributed by atoms with Crippen molar-refractivity contribution in [2.45, 2.75) is 38.2 Å². The molecule has 0 aromatic heterocycles. The van der Waals surface area contributed by atoms with E-state index in [1.165, 1.54) is 0 Å². The van der Waals surface area contributed by atoms with Crippen LogP contribution in [0.15, 0.2) is 5.16 Å². The molecule has 1 saturated heterocycles. The summed E-state index contributed by atoms with van der Waals surface area (Å²) in [5, 5.41) is 10.1. The number of oxime groups is 1. The first-order valence-electron chi connectivity index (χ1n) is 6.00. The predicted octanol–water partition coefficient (Wildman–Crippen LogP) is 0.411. The van der Waals surface area contributed by atoms with Crippen LogP contribution in [0.2, 0.25) is 0 Å². The summed E-state index contributed by atoms with van der Waals surface area (Å²) >= 11 is 0. The van der Waals surface area contributed by atoms with E-state index >= 15 is 0 Å². The largest absolute Gasteiger partial charge is 0.388 e. The summed E-state index contributed by atoms with van der Waals surface area (Å²) in [7, 11) is 0. The van der Waals surface area contributed by atoms with Crippen molar-refractivity contribution in [3.63, 3.8) is 0 Å². The molecule has 0 aromatic carbocycles. The van der Waals surface area contributed by atoms with Crippen LogP contribution in [0, 0.1) is 0 Å². The molecular formula is C11H19N3O2. The fourth-order valence-corrected chi connectivity index (χ4v) is 2.13. The minimum atomic E-state index is -0.204. The molecule has 0 bridgehead atoms. The lowest BCUT2D eigenvalue weighted by molar-refractivity contribution is -0.114. The van der Waals surface area contributed by atoms with Crippen LogP contribution in [-0.2, 0) is 9.63 Å². The van der Waals surface area contributed by atoms with E-state index in [1.54, 1.807) is 0 Å². The van der Waals surface area contributed by atoms with Gasteiger partial charge in [0.05, 0.1) is 0 Å². The van der Waals surface area contributed by atoms with Crippen molar-refractivity contribution in [2.75, 3.05) is 19.6 Å². The smallest absolute Gasteiger partial charge is 0.269 e. The molecule has 5 heteroatoms. The molecule has 5 nitrogen and oxygen atoms in total. The van der Waals surface area contributed by atoms with Gasteiger partial charge in [-0.05, 0) is 19.5 Å². The van der Waals surface area contributed by atoms with E-state index in [-0.39, 0.29) is 11.5 Å². The van der Waals surface area contributed by atoms with Crippen LogP contribution in [0.5, 0.6) is 0 Å². The van der Waals surface area contributed by atoms with E-state index in [4.69, 9.17) is 4.84 Å². The van der Waals surface area contributed by atoms with Gasteiger partial charge in [-0.2, -0.15) is 0 Å². The summed E-state index contributed by atoms with van der Waals surface area (Å²) in [4.78, 5) is 17.2. The summed E-state index contributed by atoms with van der Waals surface area (Å²) in [5.41, 5.74) is 0.347. The van der Waals surface area contributed by atoms with Crippen LogP contribution in [0.3, 0.4) is 0 Å². The zero-order valence-corrected chi connectivity index (χ0v) is 9.71. The second kappa shape index (κ2) is 4.82. The van der Waals surface area contributed by atoms with Gasteiger partial charge in [0.1, 0.15) is 11.3 Å². The predicted molar refractivity (Wildman–Crippen MR) is 61.3 cm³/mol. The van der Waals surface area contributed by atoms with E-state index in [9.17, 15) is 4.79 Å². The first-order valence-corrected chi connectivity index (χ1v) is 6.00. The first kappa shape index (κ1) is 11.4. The van der Waals surface area contributed by atoms with E-state index in [1.807, 2.05) is 6.92 Å². The van der Waals surface area contributed by atoms with Gasteiger partial charge < -0.3 is 15.5 Å². The monoisotopic (exact) mass is 225 g/mol. The Hall–Kier alpha value is -1.10. The standard InChI is InChI=1S/C11H19N3O2/c1-2-5-13-10(15)9-8-11(16-14-9)3-6-12-7-4-11/h12H,2-8H2,1H3,(H,13,15). The van der Waals surface area contributed by atoms with Gasteiger partial charge in [-0.3, -0.25) is 4.79 Å². The zero-order valence-electron chi connectivity index (χ0n) is 9.71. The van der Waals surface area contributed by atoms with Crippen molar-refractivity contribution in [1.82, 2.24) is 10.6 Å². The van der Waals surface area contributed by atoms with Crippen molar-refractivity contribution in [3.8, 4) is 0 Å². The number of nitrogens with zero attached hydrogens (tertiary/aromatic N) is 1. The molecule has 1 spiro atoms. The maximum Gasteiger partial charge on any atom is 0.269 e. The molecule has 2 rings (SSSR count). The molecule has 0 unspecified atom stereocenters. The van der Waals surface area contributed by atoms with Crippen molar-refractivity contribution >= 4 is 11.6 Å². The normalized spacial score (nSPS) is 22.7. The highest BCUT2D eigenvalue weighted by atomic mass is 16.7. The molecular weight excluding hydrogens is 206 g/mol. The van der Waals surface area contributed by atoms with E-state index in [0.717, 1.165) is 32.4 Å². The molecule has 0 atom stereocenters. The number of amides is 1.